The van der Waals surface area contributed by atoms with E-state index in [4.69, 9.17) is 0 Å². The van der Waals surface area contributed by atoms with Crippen molar-refractivity contribution < 1.29 is 4.79 Å². The van der Waals surface area contributed by atoms with E-state index < -0.39 is 0 Å². The van der Waals surface area contributed by atoms with Crippen LogP contribution in [-0.4, -0.2) is 55.5 Å². The van der Waals surface area contributed by atoms with Gasteiger partial charge in [0.05, 0.1) is 5.92 Å². The first-order chi connectivity index (χ1) is 10.3. The monoisotopic (exact) mass is 287 g/mol. The van der Waals surface area contributed by atoms with E-state index in [1.54, 1.807) is 0 Å². The van der Waals surface area contributed by atoms with Gasteiger partial charge in [0.15, 0.2) is 0 Å². The second kappa shape index (κ2) is 6.58. The van der Waals surface area contributed by atoms with Crippen LogP contribution >= 0.6 is 0 Å². The first-order valence-corrected chi connectivity index (χ1v) is 8.01. The SMILES string of the molecule is CN(CCN1CCCC1)C(=O)C1CNCc2ccccc21. The number of likely N-dealkylation sites (N-methyl/N-ethyl adjacent to an activating group) is 1. The normalized spacial score (nSPS) is 22.0. The van der Waals surface area contributed by atoms with Crippen molar-refractivity contribution in [3.63, 3.8) is 0 Å². The molecule has 2 aliphatic heterocycles. The van der Waals surface area contributed by atoms with E-state index in [0.717, 1.165) is 26.2 Å². The third-order valence-corrected chi connectivity index (χ3v) is 4.72. The molecule has 1 atom stereocenters. The highest BCUT2D eigenvalue weighted by molar-refractivity contribution is 5.84. The van der Waals surface area contributed by atoms with Crippen LogP contribution in [0.15, 0.2) is 24.3 Å². The molecule has 0 spiro atoms. The number of carbonyl (C=O) groups excluding carboxylic acids is 1. The molecule has 1 aromatic carbocycles. The zero-order valence-corrected chi connectivity index (χ0v) is 12.8. The largest absolute Gasteiger partial charge is 0.344 e. The molecule has 2 heterocycles. The number of hydrogen-bond acceptors (Lipinski definition) is 3. The molecule has 21 heavy (non-hydrogen) atoms. The minimum Gasteiger partial charge on any atom is -0.344 e. The van der Waals surface area contributed by atoms with E-state index in [2.05, 4.69) is 22.3 Å². The molecule has 4 heteroatoms. The van der Waals surface area contributed by atoms with Crippen molar-refractivity contribution in [2.45, 2.75) is 25.3 Å². The Bertz CT molecular complexity index is 497. The van der Waals surface area contributed by atoms with Gasteiger partial charge < -0.3 is 15.1 Å². The lowest BCUT2D eigenvalue weighted by atomic mass is 9.90. The Labute approximate surface area is 127 Å². The van der Waals surface area contributed by atoms with Crippen molar-refractivity contribution in [2.24, 2.45) is 0 Å². The summed E-state index contributed by atoms with van der Waals surface area (Å²) in [6.45, 7) is 5.84. The zero-order chi connectivity index (χ0) is 14.7. The van der Waals surface area contributed by atoms with Gasteiger partial charge in [0.2, 0.25) is 5.91 Å². The van der Waals surface area contributed by atoms with E-state index >= 15 is 0 Å². The topological polar surface area (TPSA) is 35.6 Å². The Hall–Kier alpha value is -1.39. The van der Waals surface area contributed by atoms with Crippen LogP contribution in [0.5, 0.6) is 0 Å². The van der Waals surface area contributed by atoms with Gasteiger partial charge in [-0.05, 0) is 37.1 Å². The van der Waals surface area contributed by atoms with Crippen molar-refractivity contribution in [1.82, 2.24) is 15.1 Å². The number of benzene rings is 1. The average Bonchev–Trinajstić information content (AvgIpc) is 3.05. The molecular formula is C17H25N3O. The summed E-state index contributed by atoms with van der Waals surface area (Å²) >= 11 is 0. The van der Waals surface area contributed by atoms with Crippen LogP contribution in [0, 0.1) is 0 Å². The number of rotatable bonds is 4. The summed E-state index contributed by atoms with van der Waals surface area (Å²) in [7, 11) is 1.94. The molecule has 1 N–H and O–H groups in total. The molecule has 1 amide bonds. The molecule has 0 aromatic heterocycles. The Balaban J connectivity index is 1.62. The number of nitrogens with zero attached hydrogens (tertiary/aromatic N) is 2. The number of carbonyl (C=O) groups is 1. The number of nitrogens with one attached hydrogen (secondary N) is 1. The number of fused-ring (bicyclic) bond motifs is 1. The Morgan fingerprint density at radius 3 is 2.90 bits per heavy atom. The second-order valence-corrected chi connectivity index (χ2v) is 6.19. The fraction of sp³-hybridized carbons (Fsp3) is 0.588. The summed E-state index contributed by atoms with van der Waals surface area (Å²) in [4.78, 5) is 17.1. The van der Waals surface area contributed by atoms with Gasteiger partial charge in [0, 0.05) is 33.2 Å². The molecule has 4 nitrogen and oxygen atoms in total. The van der Waals surface area contributed by atoms with Gasteiger partial charge in [0.1, 0.15) is 0 Å². The van der Waals surface area contributed by atoms with E-state index in [0.29, 0.717) is 0 Å². The highest BCUT2D eigenvalue weighted by atomic mass is 16.2. The minimum atomic E-state index is -0.0291. The Morgan fingerprint density at radius 2 is 2.10 bits per heavy atom. The molecule has 0 saturated carbocycles. The minimum absolute atomic E-state index is 0.0291. The summed E-state index contributed by atoms with van der Waals surface area (Å²) in [6, 6.07) is 8.30. The Morgan fingerprint density at radius 1 is 1.33 bits per heavy atom. The number of hydrogen-bond donors (Lipinski definition) is 1. The standard InChI is InChI=1S/C17H25N3O/c1-19(10-11-20-8-4-5-9-20)17(21)16-13-18-12-14-6-2-3-7-15(14)16/h2-3,6-7,16,18H,4-5,8-13H2,1H3. The lowest BCUT2D eigenvalue weighted by molar-refractivity contribution is -0.131. The molecular weight excluding hydrogens is 262 g/mol. The van der Waals surface area contributed by atoms with Crippen molar-refractivity contribution >= 4 is 5.91 Å². The molecule has 1 aromatic rings. The lowest BCUT2D eigenvalue weighted by Gasteiger charge is -2.30. The molecule has 1 unspecified atom stereocenters. The summed E-state index contributed by atoms with van der Waals surface area (Å²) in [5.74, 6) is 0.215. The van der Waals surface area contributed by atoms with Crippen molar-refractivity contribution in [2.75, 3.05) is 39.8 Å². The Kier molecular flexibility index (Phi) is 4.56. The van der Waals surface area contributed by atoms with E-state index in [9.17, 15) is 4.79 Å². The van der Waals surface area contributed by atoms with Crippen LogP contribution in [0.4, 0.5) is 0 Å². The fourth-order valence-corrected chi connectivity index (χ4v) is 3.39. The first kappa shape index (κ1) is 14.5. The lowest BCUT2D eigenvalue weighted by Crippen LogP contribution is -2.42. The highest BCUT2D eigenvalue weighted by Crippen LogP contribution is 2.25. The zero-order valence-electron chi connectivity index (χ0n) is 12.8. The first-order valence-electron chi connectivity index (χ1n) is 8.01. The van der Waals surface area contributed by atoms with Crippen LogP contribution < -0.4 is 5.32 Å². The van der Waals surface area contributed by atoms with Crippen LogP contribution in [0.25, 0.3) is 0 Å². The third-order valence-electron chi connectivity index (χ3n) is 4.72. The van der Waals surface area contributed by atoms with Crippen LogP contribution in [0.1, 0.15) is 29.9 Å². The van der Waals surface area contributed by atoms with E-state index in [-0.39, 0.29) is 11.8 Å². The predicted octanol–water partition coefficient (Wildman–Crippen LogP) is 1.43. The second-order valence-electron chi connectivity index (χ2n) is 6.19. The van der Waals surface area contributed by atoms with Crippen LogP contribution in [-0.2, 0) is 11.3 Å². The van der Waals surface area contributed by atoms with Gasteiger partial charge in [-0.1, -0.05) is 24.3 Å². The predicted molar refractivity (Wildman–Crippen MR) is 84.2 cm³/mol. The molecule has 1 saturated heterocycles. The molecule has 3 rings (SSSR count). The van der Waals surface area contributed by atoms with Crippen molar-refractivity contribution in [1.29, 1.82) is 0 Å². The van der Waals surface area contributed by atoms with Gasteiger partial charge in [0.25, 0.3) is 0 Å². The summed E-state index contributed by atoms with van der Waals surface area (Å²) in [5.41, 5.74) is 2.46. The summed E-state index contributed by atoms with van der Waals surface area (Å²) in [5, 5.41) is 3.37. The quantitative estimate of drug-likeness (QED) is 0.910. The maximum Gasteiger partial charge on any atom is 0.231 e. The maximum absolute atomic E-state index is 12.7. The van der Waals surface area contributed by atoms with Crippen molar-refractivity contribution in [3.8, 4) is 0 Å². The van der Waals surface area contributed by atoms with Gasteiger partial charge in [-0.25, -0.2) is 0 Å². The number of likely N-dealkylation sites (tertiary alicyclic amines) is 1. The third kappa shape index (κ3) is 3.27. The number of amides is 1. The van der Waals surface area contributed by atoms with Gasteiger partial charge in [-0.15, -0.1) is 0 Å². The highest BCUT2D eigenvalue weighted by Gasteiger charge is 2.28. The smallest absolute Gasteiger partial charge is 0.231 e. The average molecular weight is 287 g/mol. The molecule has 0 aliphatic carbocycles. The van der Waals surface area contributed by atoms with Gasteiger partial charge in [-0.3, -0.25) is 4.79 Å². The molecule has 114 valence electrons. The van der Waals surface area contributed by atoms with Crippen molar-refractivity contribution in [3.05, 3.63) is 35.4 Å². The van der Waals surface area contributed by atoms with Gasteiger partial charge in [-0.2, -0.15) is 0 Å². The summed E-state index contributed by atoms with van der Waals surface area (Å²) < 4.78 is 0. The summed E-state index contributed by atoms with van der Waals surface area (Å²) in [6.07, 6.45) is 2.61. The van der Waals surface area contributed by atoms with Gasteiger partial charge >= 0.3 is 0 Å². The van der Waals surface area contributed by atoms with E-state index in [1.807, 2.05) is 24.1 Å². The van der Waals surface area contributed by atoms with Crippen LogP contribution in [0.3, 0.4) is 0 Å². The maximum atomic E-state index is 12.7. The molecule has 0 bridgehead atoms. The fourth-order valence-electron chi connectivity index (χ4n) is 3.39. The molecule has 0 radical (unpaired) electrons. The van der Waals surface area contributed by atoms with Crippen LogP contribution in [0.2, 0.25) is 0 Å². The molecule has 2 aliphatic rings. The van der Waals surface area contributed by atoms with E-state index in [1.165, 1.54) is 37.1 Å². The molecule has 1 fully saturated rings.